The molecular formula is C36H39N5O6. The lowest BCUT2D eigenvalue weighted by Gasteiger charge is -2.41. The van der Waals surface area contributed by atoms with Crippen LogP contribution < -0.4 is 15.5 Å². The largest absolute Gasteiger partial charge is 0.392 e. The summed E-state index contributed by atoms with van der Waals surface area (Å²) < 4.78 is 13.1. The minimum absolute atomic E-state index is 0.0231. The van der Waals surface area contributed by atoms with Gasteiger partial charge in [-0.25, -0.2) is 4.79 Å². The first-order valence-electron chi connectivity index (χ1n) is 15.8. The molecular weight excluding hydrogens is 598 g/mol. The average molecular weight is 638 g/mol. The van der Waals surface area contributed by atoms with E-state index in [1.54, 1.807) is 12.1 Å². The molecule has 2 aliphatic rings. The van der Waals surface area contributed by atoms with Crippen LogP contribution in [0, 0.1) is 10.1 Å². The van der Waals surface area contributed by atoms with Gasteiger partial charge in [0.15, 0.2) is 6.29 Å². The third kappa shape index (κ3) is 8.52. The van der Waals surface area contributed by atoms with E-state index in [0.29, 0.717) is 18.7 Å². The first kappa shape index (κ1) is 32.1. The van der Waals surface area contributed by atoms with Gasteiger partial charge in [0.2, 0.25) is 0 Å². The van der Waals surface area contributed by atoms with E-state index in [0.717, 1.165) is 60.7 Å². The molecule has 0 spiro atoms. The Hall–Kier alpha value is -4.81. The van der Waals surface area contributed by atoms with E-state index < -0.39 is 6.29 Å². The van der Waals surface area contributed by atoms with Gasteiger partial charge in [0.1, 0.15) is 0 Å². The number of ether oxygens (including phenoxy) is 2. The summed E-state index contributed by atoms with van der Waals surface area (Å²) in [5.41, 5.74) is 5.36. The van der Waals surface area contributed by atoms with Crippen molar-refractivity contribution >= 4 is 23.1 Å². The van der Waals surface area contributed by atoms with E-state index in [1.165, 1.54) is 0 Å². The SMILES string of the molecule is O=C(NCc1ccccc1)Nc1cccc([C@H]2O[C@@H](CN3CCN(c4ccc([N+](=O)[O-])cc4)CC3)C[C@@H](c3ccc(CO)cc3)O2)c1. The number of rotatable bonds is 10. The molecule has 0 bridgehead atoms. The number of benzene rings is 4. The summed E-state index contributed by atoms with van der Waals surface area (Å²) in [6.07, 6.45) is -0.323. The highest BCUT2D eigenvalue weighted by Crippen LogP contribution is 2.39. The van der Waals surface area contributed by atoms with Crippen molar-refractivity contribution in [3.63, 3.8) is 0 Å². The highest BCUT2D eigenvalue weighted by molar-refractivity contribution is 5.89. The number of nitro benzene ring substituents is 1. The maximum atomic E-state index is 12.7. The van der Waals surface area contributed by atoms with Crippen LogP contribution in [0.5, 0.6) is 0 Å². The van der Waals surface area contributed by atoms with Crippen molar-refractivity contribution in [1.82, 2.24) is 10.2 Å². The van der Waals surface area contributed by atoms with Gasteiger partial charge >= 0.3 is 6.03 Å². The molecule has 244 valence electrons. The van der Waals surface area contributed by atoms with Crippen LogP contribution in [0.4, 0.5) is 21.9 Å². The van der Waals surface area contributed by atoms with Crippen LogP contribution in [0.15, 0.2) is 103 Å². The maximum absolute atomic E-state index is 12.7. The molecule has 0 unspecified atom stereocenters. The van der Waals surface area contributed by atoms with E-state index >= 15 is 0 Å². The number of aliphatic hydroxyl groups excluding tert-OH is 1. The van der Waals surface area contributed by atoms with E-state index in [2.05, 4.69) is 20.4 Å². The number of hydrogen-bond acceptors (Lipinski definition) is 8. The second-order valence-electron chi connectivity index (χ2n) is 11.8. The number of nitrogens with one attached hydrogen (secondary N) is 2. The summed E-state index contributed by atoms with van der Waals surface area (Å²) >= 11 is 0. The first-order valence-corrected chi connectivity index (χ1v) is 15.8. The van der Waals surface area contributed by atoms with Gasteiger partial charge in [-0.15, -0.1) is 0 Å². The molecule has 6 rings (SSSR count). The topological polar surface area (TPSA) is 129 Å². The Morgan fingerprint density at radius 2 is 1.60 bits per heavy atom. The van der Waals surface area contributed by atoms with Crippen LogP contribution in [0.1, 0.15) is 41.1 Å². The van der Waals surface area contributed by atoms with Crippen LogP contribution in [-0.4, -0.2) is 59.8 Å². The third-order valence-corrected chi connectivity index (χ3v) is 8.59. The number of piperazine rings is 1. The summed E-state index contributed by atoms with van der Waals surface area (Å²) in [5.74, 6) is 0. The molecule has 0 aliphatic carbocycles. The molecule has 2 saturated heterocycles. The third-order valence-electron chi connectivity index (χ3n) is 8.59. The second kappa shape index (κ2) is 15.2. The number of nitro groups is 1. The van der Waals surface area contributed by atoms with Gasteiger partial charge in [-0.2, -0.15) is 0 Å². The van der Waals surface area contributed by atoms with Crippen molar-refractivity contribution < 1.29 is 24.3 Å². The Morgan fingerprint density at radius 1 is 0.851 bits per heavy atom. The van der Waals surface area contributed by atoms with Crippen LogP contribution >= 0.6 is 0 Å². The Bertz CT molecular complexity index is 1630. The zero-order chi connectivity index (χ0) is 32.6. The van der Waals surface area contributed by atoms with E-state index in [1.807, 2.05) is 91.0 Å². The zero-order valence-corrected chi connectivity index (χ0v) is 26.0. The lowest BCUT2D eigenvalue weighted by atomic mass is 9.99. The number of carbonyl (C=O) groups is 1. The van der Waals surface area contributed by atoms with Crippen molar-refractivity contribution in [3.8, 4) is 0 Å². The fraction of sp³-hybridized carbons (Fsp3) is 0.306. The molecule has 47 heavy (non-hydrogen) atoms. The fourth-order valence-corrected chi connectivity index (χ4v) is 6.01. The number of urea groups is 1. The quantitative estimate of drug-likeness (QED) is 0.148. The van der Waals surface area contributed by atoms with Crippen molar-refractivity contribution in [1.29, 1.82) is 0 Å². The fourth-order valence-electron chi connectivity index (χ4n) is 6.01. The van der Waals surface area contributed by atoms with Crippen molar-refractivity contribution in [2.75, 3.05) is 42.9 Å². The number of amides is 2. The number of aliphatic hydroxyl groups is 1. The molecule has 4 aromatic carbocycles. The Labute approximate surface area is 273 Å². The van der Waals surface area contributed by atoms with Gasteiger partial charge in [-0.3, -0.25) is 15.0 Å². The van der Waals surface area contributed by atoms with Crippen LogP contribution in [-0.2, 0) is 22.6 Å². The molecule has 11 heteroatoms. The lowest BCUT2D eigenvalue weighted by molar-refractivity contribution is -0.384. The number of carbonyl (C=O) groups excluding carboxylic acids is 1. The molecule has 0 aromatic heterocycles. The summed E-state index contributed by atoms with van der Waals surface area (Å²) in [4.78, 5) is 27.9. The summed E-state index contributed by atoms with van der Waals surface area (Å²) in [6, 6.07) is 31.5. The van der Waals surface area contributed by atoms with Gasteiger partial charge in [-0.1, -0.05) is 66.7 Å². The Kier molecular flexibility index (Phi) is 10.4. The van der Waals surface area contributed by atoms with Gasteiger partial charge in [0.25, 0.3) is 5.69 Å². The standard InChI is InChI=1S/C36H39N5O6/c42-25-27-9-11-28(12-10-27)34-22-33(24-39-17-19-40(20-18-39)31-13-15-32(16-14-31)41(44)45)46-35(47-34)29-7-4-8-30(21-29)38-36(43)37-23-26-5-2-1-3-6-26/h1-16,21,33-35,42H,17-20,22-25H2,(H2,37,38,43)/t33-,34+,35+/m1/s1. The molecule has 0 saturated carbocycles. The molecule has 2 aliphatic heterocycles. The Balaban J connectivity index is 1.11. The van der Waals surface area contributed by atoms with E-state index in [9.17, 15) is 20.0 Å². The van der Waals surface area contributed by atoms with Crippen LogP contribution in [0.2, 0.25) is 0 Å². The van der Waals surface area contributed by atoms with Crippen LogP contribution in [0.25, 0.3) is 0 Å². The summed E-state index contributed by atoms with van der Waals surface area (Å²) in [7, 11) is 0. The molecule has 2 fully saturated rings. The molecule has 4 aromatic rings. The van der Waals surface area contributed by atoms with Crippen molar-refractivity contribution in [3.05, 3.63) is 135 Å². The van der Waals surface area contributed by atoms with Gasteiger partial charge in [-0.05, 0) is 41.0 Å². The number of anilines is 2. The maximum Gasteiger partial charge on any atom is 0.319 e. The first-order chi connectivity index (χ1) is 22.9. The van der Waals surface area contributed by atoms with Gasteiger partial charge < -0.3 is 30.1 Å². The highest BCUT2D eigenvalue weighted by Gasteiger charge is 2.34. The summed E-state index contributed by atoms with van der Waals surface area (Å²) in [5, 5.41) is 26.4. The van der Waals surface area contributed by atoms with Crippen LogP contribution in [0.3, 0.4) is 0 Å². The molecule has 3 N–H and O–H groups in total. The summed E-state index contributed by atoms with van der Waals surface area (Å²) in [6.45, 7) is 4.38. The second-order valence-corrected chi connectivity index (χ2v) is 11.8. The number of nitrogens with zero attached hydrogens (tertiary/aromatic N) is 3. The average Bonchev–Trinajstić information content (AvgIpc) is 3.11. The van der Waals surface area contributed by atoms with Crippen molar-refractivity contribution in [2.24, 2.45) is 0 Å². The van der Waals surface area contributed by atoms with Gasteiger partial charge in [0.05, 0.1) is 23.7 Å². The monoisotopic (exact) mass is 637 g/mol. The van der Waals surface area contributed by atoms with E-state index in [4.69, 9.17) is 9.47 Å². The molecule has 0 radical (unpaired) electrons. The smallest absolute Gasteiger partial charge is 0.319 e. The molecule has 11 nitrogen and oxygen atoms in total. The zero-order valence-electron chi connectivity index (χ0n) is 26.0. The number of non-ortho nitro benzene ring substituents is 1. The van der Waals surface area contributed by atoms with E-state index in [-0.39, 0.29) is 35.5 Å². The van der Waals surface area contributed by atoms with Crippen molar-refractivity contribution in [2.45, 2.75) is 38.1 Å². The Morgan fingerprint density at radius 3 is 2.30 bits per heavy atom. The minimum atomic E-state index is -0.646. The predicted octanol–water partition coefficient (Wildman–Crippen LogP) is 5.78. The predicted molar refractivity (Wildman–Crippen MR) is 179 cm³/mol. The minimum Gasteiger partial charge on any atom is -0.392 e. The molecule has 2 amide bonds. The lowest BCUT2D eigenvalue weighted by Crippen LogP contribution is -2.49. The van der Waals surface area contributed by atoms with Gasteiger partial charge in [0, 0.05) is 74.8 Å². The number of hydrogen-bond donors (Lipinski definition) is 3. The molecule has 3 atom stereocenters. The molecule has 2 heterocycles. The highest BCUT2D eigenvalue weighted by atomic mass is 16.7. The normalized spacial score (nSPS) is 20.0.